The third-order valence-electron chi connectivity index (χ3n) is 5.99. The van der Waals surface area contributed by atoms with Crippen molar-refractivity contribution < 1.29 is 10.0 Å². The highest BCUT2D eigenvalue weighted by molar-refractivity contribution is 6.01. The molecule has 32 heavy (non-hydrogen) atoms. The van der Waals surface area contributed by atoms with Crippen molar-refractivity contribution in [1.29, 1.82) is 0 Å². The Morgan fingerprint density at radius 3 is 2.59 bits per heavy atom. The number of hydrogen-bond acceptors (Lipinski definition) is 4. The topological polar surface area (TPSA) is 74.6 Å². The molecule has 4 rings (SSSR count). The number of aryl methyl sites for hydroxylation is 2. The molecule has 1 atom stereocenters. The van der Waals surface area contributed by atoms with Crippen molar-refractivity contribution in [2.24, 2.45) is 5.16 Å². The van der Waals surface area contributed by atoms with Crippen LogP contribution in [0.15, 0.2) is 78.1 Å². The van der Waals surface area contributed by atoms with Crippen LogP contribution >= 0.6 is 0 Å². The summed E-state index contributed by atoms with van der Waals surface area (Å²) in [5.41, 5.74) is 8.01. The first kappa shape index (κ1) is 21.5. The maximum atomic E-state index is 11.7. The zero-order chi connectivity index (χ0) is 22.5. The number of carbonyl (C=O) groups excluding carboxylic acids is 1. The first-order valence-corrected chi connectivity index (χ1v) is 10.8. The molecular weight excluding hydrogens is 398 g/mol. The zero-order valence-corrected chi connectivity index (χ0v) is 18.4. The van der Waals surface area contributed by atoms with Gasteiger partial charge in [0.15, 0.2) is 0 Å². The standard InChI is InChI=1S/C27H27N3O2/c1-18-5-3-4-6-24(18)25(17-26(30-32)23-12-13-28-19(2)15-23)21-9-7-20(8-10-21)22-11-14-29-27(31)16-22/h3-10,12-13,15-16,25,32H,11,14,17H2,1-2H3,(H,29,31)/b30-26+/t25-/m1/s1. The number of oxime groups is 1. The minimum atomic E-state index is -0.0374. The number of hydrogen-bond donors (Lipinski definition) is 2. The highest BCUT2D eigenvalue weighted by Crippen LogP contribution is 2.33. The molecule has 1 amide bonds. The molecule has 162 valence electrons. The molecule has 0 bridgehead atoms. The van der Waals surface area contributed by atoms with Gasteiger partial charge in [0.2, 0.25) is 5.91 Å². The Balaban J connectivity index is 1.70. The average molecular weight is 426 g/mol. The number of nitrogens with one attached hydrogen (secondary N) is 1. The van der Waals surface area contributed by atoms with E-state index in [1.807, 2.05) is 31.2 Å². The van der Waals surface area contributed by atoms with Crippen LogP contribution in [0, 0.1) is 13.8 Å². The smallest absolute Gasteiger partial charge is 0.244 e. The normalized spacial score (nSPS) is 15.1. The Kier molecular flexibility index (Phi) is 6.45. The van der Waals surface area contributed by atoms with E-state index >= 15 is 0 Å². The molecule has 0 saturated carbocycles. The molecule has 0 spiro atoms. The molecule has 1 aliphatic heterocycles. The first-order valence-electron chi connectivity index (χ1n) is 10.8. The SMILES string of the molecule is Cc1cc(/C(C[C@H](c2ccc(C3=CC(=O)NCC3)cc2)c2ccccc2C)=N/O)ccn1. The minimum Gasteiger partial charge on any atom is -0.411 e. The van der Waals surface area contributed by atoms with Crippen LogP contribution in [-0.2, 0) is 4.79 Å². The van der Waals surface area contributed by atoms with Gasteiger partial charge >= 0.3 is 0 Å². The summed E-state index contributed by atoms with van der Waals surface area (Å²) >= 11 is 0. The summed E-state index contributed by atoms with van der Waals surface area (Å²) < 4.78 is 0. The number of carbonyl (C=O) groups is 1. The first-order chi connectivity index (χ1) is 15.5. The number of amides is 1. The van der Waals surface area contributed by atoms with Crippen LogP contribution in [-0.4, -0.2) is 28.4 Å². The highest BCUT2D eigenvalue weighted by atomic mass is 16.4. The van der Waals surface area contributed by atoms with Gasteiger partial charge in [-0.3, -0.25) is 9.78 Å². The Morgan fingerprint density at radius 1 is 1.12 bits per heavy atom. The lowest BCUT2D eigenvalue weighted by atomic mass is 9.83. The van der Waals surface area contributed by atoms with E-state index in [9.17, 15) is 10.0 Å². The van der Waals surface area contributed by atoms with Crippen molar-refractivity contribution in [1.82, 2.24) is 10.3 Å². The Bertz CT molecular complexity index is 1180. The van der Waals surface area contributed by atoms with Crippen molar-refractivity contribution in [2.75, 3.05) is 6.54 Å². The van der Waals surface area contributed by atoms with E-state index in [0.717, 1.165) is 34.4 Å². The van der Waals surface area contributed by atoms with E-state index in [1.165, 1.54) is 11.1 Å². The third kappa shape index (κ3) is 4.78. The van der Waals surface area contributed by atoms with Crippen LogP contribution < -0.4 is 5.32 Å². The van der Waals surface area contributed by atoms with Crippen LogP contribution in [0.4, 0.5) is 0 Å². The second kappa shape index (κ2) is 9.60. The summed E-state index contributed by atoms with van der Waals surface area (Å²) in [7, 11) is 0. The van der Waals surface area contributed by atoms with Gasteiger partial charge in [0.25, 0.3) is 0 Å². The molecule has 5 heteroatoms. The second-order valence-corrected chi connectivity index (χ2v) is 8.18. The predicted molar refractivity (Wildman–Crippen MR) is 127 cm³/mol. The number of nitrogens with zero attached hydrogens (tertiary/aromatic N) is 2. The molecule has 0 radical (unpaired) electrons. The van der Waals surface area contributed by atoms with Gasteiger partial charge in [-0.25, -0.2) is 0 Å². The maximum Gasteiger partial charge on any atom is 0.244 e. The molecule has 3 aromatic rings. The largest absolute Gasteiger partial charge is 0.411 e. The molecule has 0 saturated heterocycles. The fourth-order valence-corrected chi connectivity index (χ4v) is 4.28. The van der Waals surface area contributed by atoms with Gasteiger partial charge in [-0.05, 0) is 60.2 Å². The maximum absolute atomic E-state index is 11.7. The second-order valence-electron chi connectivity index (χ2n) is 8.18. The highest BCUT2D eigenvalue weighted by Gasteiger charge is 2.21. The fraction of sp³-hybridized carbons (Fsp3) is 0.222. The predicted octanol–water partition coefficient (Wildman–Crippen LogP) is 5.00. The van der Waals surface area contributed by atoms with Gasteiger partial charge in [0.05, 0.1) is 5.71 Å². The van der Waals surface area contributed by atoms with Gasteiger partial charge < -0.3 is 10.5 Å². The lowest BCUT2D eigenvalue weighted by Gasteiger charge is -2.22. The van der Waals surface area contributed by atoms with Crippen LogP contribution in [0.25, 0.3) is 5.57 Å². The van der Waals surface area contributed by atoms with Crippen molar-refractivity contribution >= 4 is 17.2 Å². The van der Waals surface area contributed by atoms with Gasteiger partial charge in [-0.2, -0.15) is 0 Å². The van der Waals surface area contributed by atoms with Crippen molar-refractivity contribution in [3.05, 3.63) is 106 Å². The molecule has 1 aliphatic rings. The van der Waals surface area contributed by atoms with E-state index in [-0.39, 0.29) is 11.8 Å². The summed E-state index contributed by atoms with van der Waals surface area (Å²) in [4.78, 5) is 16.0. The van der Waals surface area contributed by atoms with E-state index in [0.29, 0.717) is 18.7 Å². The molecule has 1 aromatic heterocycles. The lowest BCUT2D eigenvalue weighted by molar-refractivity contribution is -0.116. The minimum absolute atomic E-state index is 0.0215. The van der Waals surface area contributed by atoms with Gasteiger partial charge in [0, 0.05) is 42.4 Å². The van der Waals surface area contributed by atoms with Crippen LogP contribution in [0.2, 0.25) is 0 Å². The van der Waals surface area contributed by atoms with E-state index in [4.69, 9.17) is 0 Å². The summed E-state index contributed by atoms with van der Waals surface area (Å²) in [6.07, 6.45) is 4.80. The van der Waals surface area contributed by atoms with Crippen LogP contribution in [0.1, 0.15) is 52.3 Å². The van der Waals surface area contributed by atoms with Crippen molar-refractivity contribution in [3.8, 4) is 0 Å². The molecular formula is C27H27N3O2. The van der Waals surface area contributed by atoms with Gasteiger partial charge in [-0.1, -0.05) is 53.7 Å². The Morgan fingerprint density at radius 2 is 1.91 bits per heavy atom. The quantitative estimate of drug-likeness (QED) is 0.331. The van der Waals surface area contributed by atoms with E-state index in [1.54, 1.807) is 12.3 Å². The molecule has 2 aromatic carbocycles. The van der Waals surface area contributed by atoms with Crippen LogP contribution in [0.3, 0.4) is 0 Å². The zero-order valence-electron chi connectivity index (χ0n) is 18.4. The molecule has 5 nitrogen and oxygen atoms in total. The van der Waals surface area contributed by atoms with Crippen molar-refractivity contribution in [2.45, 2.75) is 32.6 Å². The van der Waals surface area contributed by atoms with Crippen LogP contribution in [0.5, 0.6) is 0 Å². The monoisotopic (exact) mass is 425 g/mol. The number of rotatable bonds is 6. The van der Waals surface area contributed by atoms with Crippen molar-refractivity contribution in [3.63, 3.8) is 0 Å². The summed E-state index contributed by atoms with van der Waals surface area (Å²) in [5.74, 6) is -0.0159. The van der Waals surface area contributed by atoms with Gasteiger partial charge in [0.1, 0.15) is 0 Å². The molecule has 0 fully saturated rings. The summed E-state index contributed by atoms with van der Waals surface area (Å²) in [6, 6.07) is 20.5. The Hall–Kier alpha value is -3.73. The van der Waals surface area contributed by atoms with Gasteiger partial charge in [-0.15, -0.1) is 0 Å². The Labute approximate surface area is 188 Å². The lowest BCUT2D eigenvalue weighted by Crippen LogP contribution is -2.26. The molecule has 0 aliphatic carbocycles. The average Bonchev–Trinajstić information content (AvgIpc) is 2.81. The molecule has 2 N–H and O–H groups in total. The van der Waals surface area contributed by atoms with E-state index < -0.39 is 0 Å². The fourth-order valence-electron chi connectivity index (χ4n) is 4.28. The summed E-state index contributed by atoms with van der Waals surface area (Å²) in [5, 5.41) is 16.3. The number of aromatic nitrogens is 1. The third-order valence-corrected chi connectivity index (χ3v) is 5.99. The summed E-state index contributed by atoms with van der Waals surface area (Å²) in [6.45, 7) is 4.70. The molecule has 0 unspecified atom stereocenters. The number of pyridine rings is 1. The van der Waals surface area contributed by atoms with E-state index in [2.05, 4.69) is 58.8 Å². The number of benzene rings is 2. The molecule has 2 heterocycles.